The summed E-state index contributed by atoms with van der Waals surface area (Å²) in [6, 6.07) is 5.48. The van der Waals surface area contributed by atoms with Crippen molar-refractivity contribution in [3.05, 3.63) is 23.8 Å². The van der Waals surface area contributed by atoms with E-state index in [9.17, 15) is 9.59 Å². The first kappa shape index (κ1) is 22.8. The van der Waals surface area contributed by atoms with Gasteiger partial charge in [-0.15, -0.1) is 0 Å². The van der Waals surface area contributed by atoms with Gasteiger partial charge in [-0.1, -0.05) is 0 Å². The van der Waals surface area contributed by atoms with Crippen LogP contribution in [0, 0.1) is 0 Å². The Morgan fingerprint density at radius 3 is 2.52 bits per heavy atom. The van der Waals surface area contributed by atoms with Gasteiger partial charge in [0.25, 0.3) is 0 Å². The van der Waals surface area contributed by atoms with Gasteiger partial charge < -0.3 is 24.3 Å². The fourth-order valence-electron chi connectivity index (χ4n) is 2.32. The number of esters is 2. The molecule has 0 unspecified atom stereocenters. The van der Waals surface area contributed by atoms with Crippen molar-refractivity contribution in [2.75, 3.05) is 38.8 Å². The number of hydrogen-bond donors (Lipinski definition) is 1. The number of hydrogen-bond acceptors (Lipinski definition) is 7. The number of aryl methyl sites for hydroxylation is 1. The molecule has 0 atom stereocenters. The second kappa shape index (κ2) is 11.4. The van der Waals surface area contributed by atoms with E-state index in [-0.39, 0.29) is 19.1 Å². The lowest BCUT2D eigenvalue weighted by Gasteiger charge is -2.20. The zero-order valence-corrected chi connectivity index (χ0v) is 16.9. The lowest BCUT2D eigenvalue weighted by molar-refractivity contribution is -0.152. The average Bonchev–Trinajstić information content (AvgIpc) is 2.58. The van der Waals surface area contributed by atoms with Crippen LogP contribution in [-0.2, 0) is 30.2 Å². The van der Waals surface area contributed by atoms with E-state index < -0.39 is 11.6 Å². The van der Waals surface area contributed by atoms with Gasteiger partial charge in [-0.05, 0) is 64.3 Å². The van der Waals surface area contributed by atoms with Crippen LogP contribution in [0.4, 0.5) is 5.69 Å². The third kappa shape index (κ3) is 9.84. The van der Waals surface area contributed by atoms with Crippen molar-refractivity contribution >= 4 is 17.6 Å². The summed E-state index contributed by atoms with van der Waals surface area (Å²) in [5, 5.41) is 3.06. The summed E-state index contributed by atoms with van der Waals surface area (Å²) < 4.78 is 20.9. The Bertz CT molecular complexity index is 609. The summed E-state index contributed by atoms with van der Waals surface area (Å²) in [5.74, 6) is -0.125. The predicted octanol–water partition coefficient (Wildman–Crippen LogP) is 2.96. The molecule has 0 radical (unpaired) electrons. The normalized spacial score (nSPS) is 11.0. The molecule has 7 heteroatoms. The van der Waals surface area contributed by atoms with Crippen LogP contribution in [0.25, 0.3) is 0 Å². The van der Waals surface area contributed by atoms with Gasteiger partial charge in [-0.25, -0.2) is 4.79 Å². The first-order valence-electron chi connectivity index (χ1n) is 9.11. The standard InChI is InChI=1S/C20H31NO6/c1-6-25-19(23)14-26-17-10-9-16(12-15(17)8-7-11-24-5)21-13-18(22)27-20(2,3)4/h9-10,12,21H,6-8,11,13-14H2,1-5H3. The first-order chi connectivity index (χ1) is 12.7. The molecular weight excluding hydrogens is 350 g/mol. The molecule has 0 spiro atoms. The lowest BCUT2D eigenvalue weighted by Crippen LogP contribution is -2.28. The van der Waals surface area contributed by atoms with E-state index in [1.54, 1.807) is 26.2 Å². The van der Waals surface area contributed by atoms with E-state index in [0.29, 0.717) is 25.4 Å². The SMILES string of the molecule is CCOC(=O)COc1ccc(NCC(=O)OC(C)(C)C)cc1CCCOC. The van der Waals surface area contributed by atoms with Gasteiger partial charge in [-0.3, -0.25) is 4.79 Å². The quantitative estimate of drug-likeness (QED) is 0.466. The maximum absolute atomic E-state index is 11.9. The van der Waals surface area contributed by atoms with Crippen molar-refractivity contribution in [1.29, 1.82) is 0 Å². The average molecular weight is 381 g/mol. The van der Waals surface area contributed by atoms with Gasteiger partial charge in [-0.2, -0.15) is 0 Å². The maximum Gasteiger partial charge on any atom is 0.344 e. The Morgan fingerprint density at radius 2 is 1.89 bits per heavy atom. The molecule has 1 N–H and O–H groups in total. The molecule has 0 aliphatic rings. The number of anilines is 1. The molecule has 7 nitrogen and oxygen atoms in total. The molecule has 0 bridgehead atoms. The first-order valence-corrected chi connectivity index (χ1v) is 9.11. The van der Waals surface area contributed by atoms with Crippen molar-refractivity contribution in [2.24, 2.45) is 0 Å². The number of carbonyl (C=O) groups excluding carboxylic acids is 2. The minimum atomic E-state index is -0.519. The molecule has 27 heavy (non-hydrogen) atoms. The van der Waals surface area contributed by atoms with Crippen molar-refractivity contribution in [1.82, 2.24) is 0 Å². The highest BCUT2D eigenvalue weighted by Gasteiger charge is 2.16. The van der Waals surface area contributed by atoms with E-state index >= 15 is 0 Å². The minimum absolute atomic E-state index is 0.0673. The second-order valence-electron chi connectivity index (χ2n) is 6.95. The zero-order valence-electron chi connectivity index (χ0n) is 16.9. The van der Waals surface area contributed by atoms with Crippen molar-refractivity contribution in [3.63, 3.8) is 0 Å². The van der Waals surface area contributed by atoms with Crippen molar-refractivity contribution in [2.45, 2.75) is 46.1 Å². The van der Waals surface area contributed by atoms with Gasteiger partial charge >= 0.3 is 11.9 Å². The van der Waals surface area contributed by atoms with Crippen LogP contribution >= 0.6 is 0 Å². The third-order valence-corrected chi connectivity index (χ3v) is 3.36. The molecule has 152 valence electrons. The monoisotopic (exact) mass is 381 g/mol. The molecule has 1 rings (SSSR count). The number of nitrogens with one attached hydrogen (secondary N) is 1. The van der Waals surface area contributed by atoms with Crippen LogP contribution in [0.3, 0.4) is 0 Å². The van der Waals surface area contributed by atoms with Crippen LogP contribution in [0.5, 0.6) is 5.75 Å². The Labute approximate surface area is 161 Å². The number of ether oxygens (including phenoxy) is 4. The number of rotatable bonds is 11. The molecule has 1 aromatic rings. The van der Waals surface area contributed by atoms with Gasteiger partial charge in [0.05, 0.1) is 6.61 Å². The second-order valence-corrected chi connectivity index (χ2v) is 6.95. The van der Waals surface area contributed by atoms with Gasteiger partial charge in [0.1, 0.15) is 17.9 Å². The number of benzene rings is 1. The van der Waals surface area contributed by atoms with Crippen molar-refractivity contribution in [3.8, 4) is 5.75 Å². The molecule has 0 saturated carbocycles. The fraction of sp³-hybridized carbons (Fsp3) is 0.600. The smallest absolute Gasteiger partial charge is 0.344 e. The number of methoxy groups -OCH3 is 1. The molecule has 0 heterocycles. The van der Waals surface area contributed by atoms with Gasteiger partial charge in [0.15, 0.2) is 6.61 Å². The Morgan fingerprint density at radius 1 is 1.15 bits per heavy atom. The summed E-state index contributed by atoms with van der Waals surface area (Å²) in [7, 11) is 1.65. The highest BCUT2D eigenvalue weighted by atomic mass is 16.6. The lowest BCUT2D eigenvalue weighted by atomic mass is 10.1. The van der Waals surface area contributed by atoms with Crippen LogP contribution in [0.2, 0.25) is 0 Å². The molecule has 0 aliphatic heterocycles. The molecule has 0 aromatic heterocycles. The summed E-state index contributed by atoms with van der Waals surface area (Å²) in [5.41, 5.74) is 1.18. The summed E-state index contributed by atoms with van der Waals surface area (Å²) in [4.78, 5) is 23.4. The van der Waals surface area contributed by atoms with Crippen LogP contribution in [0.15, 0.2) is 18.2 Å². The van der Waals surface area contributed by atoms with Gasteiger partial charge in [0.2, 0.25) is 0 Å². The fourth-order valence-corrected chi connectivity index (χ4v) is 2.32. The molecule has 0 fully saturated rings. The highest BCUT2D eigenvalue weighted by molar-refractivity contribution is 5.75. The summed E-state index contributed by atoms with van der Waals surface area (Å²) >= 11 is 0. The Hall–Kier alpha value is -2.28. The van der Waals surface area contributed by atoms with E-state index in [1.807, 2.05) is 26.8 Å². The minimum Gasteiger partial charge on any atom is -0.482 e. The van der Waals surface area contributed by atoms with Crippen LogP contribution in [0.1, 0.15) is 39.7 Å². The number of carbonyl (C=O) groups is 2. The Kier molecular flexibility index (Phi) is 9.64. The van der Waals surface area contributed by atoms with E-state index in [4.69, 9.17) is 18.9 Å². The molecule has 1 aromatic carbocycles. The molecule has 0 aliphatic carbocycles. The zero-order chi connectivity index (χ0) is 20.3. The van der Waals surface area contributed by atoms with E-state index in [0.717, 1.165) is 17.7 Å². The highest BCUT2D eigenvalue weighted by Crippen LogP contribution is 2.24. The summed E-state index contributed by atoms with van der Waals surface area (Å²) in [6.07, 6.45) is 1.52. The van der Waals surface area contributed by atoms with Crippen LogP contribution < -0.4 is 10.1 Å². The third-order valence-electron chi connectivity index (χ3n) is 3.36. The summed E-state index contributed by atoms with van der Waals surface area (Å²) in [6.45, 7) is 8.09. The molecular formula is C20H31NO6. The van der Waals surface area contributed by atoms with Crippen LogP contribution in [-0.4, -0.2) is 51.0 Å². The topological polar surface area (TPSA) is 83.1 Å². The van der Waals surface area contributed by atoms with Crippen molar-refractivity contribution < 1.29 is 28.5 Å². The van der Waals surface area contributed by atoms with Gasteiger partial charge in [0, 0.05) is 19.4 Å². The largest absolute Gasteiger partial charge is 0.482 e. The Balaban J connectivity index is 2.75. The predicted molar refractivity (Wildman–Crippen MR) is 103 cm³/mol. The molecule has 0 saturated heterocycles. The molecule has 0 amide bonds. The van der Waals surface area contributed by atoms with E-state index in [2.05, 4.69) is 5.32 Å². The maximum atomic E-state index is 11.9. The van der Waals surface area contributed by atoms with E-state index in [1.165, 1.54) is 0 Å².